The van der Waals surface area contributed by atoms with Crippen molar-refractivity contribution in [3.63, 3.8) is 0 Å². The number of nitrogens with zero attached hydrogens (tertiary/aromatic N) is 9. The Morgan fingerprint density at radius 3 is 2.67 bits per heavy atom. The molecule has 5 N–H and O–H groups in total. The van der Waals surface area contributed by atoms with Crippen LogP contribution in [0.1, 0.15) is 49.5 Å². The first kappa shape index (κ1) is 41.0. The van der Waals surface area contributed by atoms with E-state index in [0.29, 0.717) is 5.56 Å². The molecule has 306 valence electrons. The van der Waals surface area contributed by atoms with Gasteiger partial charge in [-0.15, -0.1) is 5.10 Å². The summed E-state index contributed by atoms with van der Waals surface area (Å²) in [6, 6.07) is 10.3. The van der Waals surface area contributed by atoms with E-state index in [-0.39, 0.29) is 66.1 Å². The van der Waals surface area contributed by atoms with Crippen molar-refractivity contribution in [3.05, 3.63) is 58.9 Å². The fraction of sp³-hybridized carbons (Fsp3) is 0.455. The molecule has 2 amide bonds. The number of aromatic amines is 1. The number of imidazole rings is 1. The van der Waals surface area contributed by atoms with Crippen molar-refractivity contribution >= 4 is 64.4 Å². The maximum atomic E-state index is 16.5. The number of benzene rings is 1. The van der Waals surface area contributed by atoms with Gasteiger partial charge in [-0.05, 0) is 23.9 Å². The zero-order valence-corrected chi connectivity index (χ0v) is 32.3. The lowest BCUT2D eigenvalue weighted by Crippen LogP contribution is -2.34. The normalized spacial score (nSPS) is 24.3. The van der Waals surface area contributed by atoms with Crippen molar-refractivity contribution < 1.29 is 47.2 Å². The van der Waals surface area contributed by atoms with Crippen LogP contribution in [0, 0.1) is 17.2 Å². The molecule has 1 unspecified atom stereocenters. The molecule has 8 atom stereocenters. The number of aromatic nitrogens is 9. The Morgan fingerprint density at radius 2 is 1.93 bits per heavy atom. The molecule has 5 aromatic rings. The Labute approximate surface area is 331 Å². The summed E-state index contributed by atoms with van der Waals surface area (Å²) in [7, 11) is 0. The van der Waals surface area contributed by atoms with Gasteiger partial charge < -0.3 is 34.1 Å². The number of amides is 2. The zero-order valence-electron chi connectivity index (χ0n) is 30.6. The molecule has 0 radical (unpaired) electrons. The van der Waals surface area contributed by atoms with Gasteiger partial charge in [0.25, 0.3) is 11.5 Å². The van der Waals surface area contributed by atoms with Gasteiger partial charge in [-0.2, -0.15) is 14.9 Å². The number of fused-ring (bicyclic) bond motifs is 2. The molecule has 0 saturated carbocycles. The molecule has 22 nitrogen and oxygen atoms in total. The summed E-state index contributed by atoms with van der Waals surface area (Å²) < 4.78 is 48.4. The van der Waals surface area contributed by atoms with E-state index in [0.717, 1.165) is 11.0 Å². The molecule has 7 rings (SSSR count). The number of aliphatic hydroxyl groups is 2. The lowest BCUT2D eigenvalue weighted by molar-refractivity contribution is -0.118. The minimum absolute atomic E-state index is 0.00203. The smallest absolute Gasteiger partial charge is 0.327 e. The number of halogens is 1. The lowest BCUT2D eigenvalue weighted by Gasteiger charge is -2.28. The molecular formula is C33H36FN12O10PS. The number of hydrogen-bond acceptors (Lipinski definition) is 18. The average Bonchev–Trinajstić information content (AvgIpc) is 3.99. The zero-order chi connectivity index (χ0) is 41.1. The number of nitriles is 1. The summed E-state index contributed by atoms with van der Waals surface area (Å²) in [5.41, 5.74) is -0.283. The highest BCUT2D eigenvalue weighted by Crippen LogP contribution is 2.54. The molecule has 2 saturated heterocycles. The summed E-state index contributed by atoms with van der Waals surface area (Å²) in [6.07, 6.45) is -7.40. The number of aliphatic hydroxyl groups excluding tert-OH is 2. The first-order chi connectivity index (χ1) is 27.9. The largest absolute Gasteiger partial charge is 0.394 e. The highest BCUT2D eigenvalue weighted by atomic mass is 32.5. The third-order valence-electron chi connectivity index (χ3n) is 8.99. The van der Waals surface area contributed by atoms with E-state index < -0.39 is 73.8 Å². The van der Waals surface area contributed by atoms with Gasteiger partial charge in [-0.25, -0.2) is 19.3 Å². The molecule has 2 aliphatic heterocycles. The summed E-state index contributed by atoms with van der Waals surface area (Å²) >= 11 is 5.66. The molecule has 0 spiro atoms. The van der Waals surface area contributed by atoms with Crippen LogP contribution in [0.4, 0.5) is 16.2 Å². The number of hydrogen-bond donors (Lipinski definition) is 5. The van der Waals surface area contributed by atoms with E-state index in [1.54, 1.807) is 44.2 Å². The quantitative estimate of drug-likeness (QED) is 0.0739. The third-order valence-corrected chi connectivity index (χ3v) is 11.3. The van der Waals surface area contributed by atoms with Gasteiger partial charge in [0.15, 0.2) is 46.8 Å². The van der Waals surface area contributed by atoms with Crippen LogP contribution in [-0.2, 0) is 39.6 Å². The molecule has 2 aliphatic rings. The van der Waals surface area contributed by atoms with Gasteiger partial charge >= 0.3 is 6.72 Å². The maximum Gasteiger partial charge on any atom is 0.327 e. The van der Waals surface area contributed by atoms with Crippen LogP contribution in [0.15, 0.2) is 47.8 Å². The minimum Gasteiger partial charge on any atom is -0.394 e. The highest BCUT2D eigenvalue weighted by molar-refractivity contribution is 8.07. The van der Waals surface area contributed by atoms with Crippen molar-refractivity contribution in [1.82, 2.24) is 44.5 Å². The molecule has 2 fully saturated rings. The van der Waals surface area contributed by atoms with Crippen LogP contribution >= 0.6 is 6.72 Å². The van der Waals surface area contributed by atoms with E-state index >= 15 is 4.39 Å². The SMILES string of the molecule is CC(C)C(=O)Nc1nc2c(ncn2[C@@H]2O[C@H](COP(=S)(OCCC#N)O[C@H]3[C@H](F)[C@H](n4nnc5c(NC(=O)c6ccccc6)ncnc54)O[C@@H]3CO)C[C@@H]2O)c(=O)[nH]1. The van der Waals surface area contributed by atoms with Crippen molar-refractivity contribution in [2.24, 2.45) is 5.92 Å². The van der Waals surface area contributed by atoms with Crippen LogP contribution < -0.4 is 16.2 Å². The highest BCUT2D eigenvalue weighted by Gasteiger charge is 2.51. The number of H-pyrrole nitrogens is 1. The molecule has 0 aliphatic carbocycles. The topological polar surface area (TPSA) is 289 Å². The minimum atomic E-state index is -3.96. The van der Waals surface area contributed by atoms with E-state index in [4.69, 9.17) is 40.1 Å². The second kappa shape index (κ2) is 17.3. The predicted octanol–water partition coefficient (Wildman–Crippen LogP) is 1.63. The standard InChI is InChI=1S/C33H36FN12O10PS/c1-16(2)28(49)41-33-40-27-23(30(51)42-33)38-15-45(27)31-19(48)11-18(54-31)13-53-57(58,52-10-6-9-35)56-24-20(12-47)55-32(21(24)34)46-26-22(43-44-46)25(36-14-37-26)39-29(50)17-7-4-3-5-8-17/h3-5,7-8,14-16,18-21,24,31-32,47-48H,6,10-13H2,1-2H3,(H,36,37,39,50)(H2,40,41,42,49,51)/t18-,19-,20+,21-,24+,31+,32+,57?/m0/s1. The number of carbonyl (C=O) groups excluding carboxylic acids is 2. The third kappa shape index (κ3) is 8.48. The monoisotopic (exact) mass is 842 g/mol. The average molecular weight is 843 g/mol. The number of anilines is 2. The second-order valence-corrected chi connectivity index (χ2v) is 16.3. The van der Waals surface area contributed by atoms with Crippen LogP contribution in [0.25, 0.3) is 22.3 Å². The molecule has 0 bridgehead atoms. The van der Waals surface area contributed by atoms with E-state index in [1.165, 1.54) is 10.9 Å². The number of nitrogens with one attached hydrogen (secondary N) is 3. The molecule has 4 aromatic heterocycles. The maximum absolute atomic E-state index is 16.5. The predicted molar refractivity (Wildman–Crippen MR) is 201 cm³/mol. The fourth-order valence-electron chi connectivity index (χ4n) is 6.11. The van der Waals surface area contributed by atoms with Gasteiger partial charge in [-0.3, -0.25) is 33.8 Å². The Bertz CT molecular complexity index is 2450. The first-order valence-corrected chi connectivity index (χ1v) is 20.3. The first-order valence-electron chi connectivity index (χ1n) is 17.8. The van der Waals surface area contributed by atoms with Gasteiger partial charge in [0, 0.05) is 17.9 Å². The number of carbonyl (C=O) groups is 2. The Kier molecular flexibility index (Phi) is 12.2. The Balaban J connectivity index is 1.06. The van der Waals surface area contributed by atoms with Gasteiger partial charge in [0.05, 0.1) is 44.7 Å². The van der Waals surface area contributed by atoms with Gasteiger partial charge in [0.1, 0.15) is 24.6 Å². The van der Waals surface area contributed by atoms with Crippen molar-refractivity contribution in [2.45, 2.75) is 69.7 Å². The van der Waals surface area contributed by atoms with Gasteiger partial charge in [0.2, 0.25) is 11.9 Å². The number of rotatable bonds is 15. The summed E-state index contributed by atoms with van der Waals surface area (Å²) in [5, 5.41) is 43.6. The van der Waals surface area contributed by atoms with Crippen LogP contribution in [-0.4, -0.2) is 117 Å². The molecular weight excluding hydrogens is 806 g/mol. The van der Waals surface area contributed by atoms with Crippen molar-refractivity contribution in [2.75, 3.05) is 30.5 Å². The fourth-order valence-corrected chi connectivity index (χ4v) is 8.22. The molecule has 6 heterocycles. The van der Waals surface area contributed by atoms with Crippen LogP contribution in [0.2, 0.25) is 0 Å². The second-order valence-electron chi connectivity index (χ2n) is 13.3. The van der Waals surface area contributed by atoms with Crippen LogP contribution in [0.5, 0.6) is 0 Å². The summed E-state index contributed by atoms with van der Waals surface area (Å²) in [5.74, 6) is -1.38. The van der Waals surface area contributed by atoms with E-state index in [1.807, 2.05) is 6.07 Å². The summed E-state index contributed by atoms with van der Waals surface area (Å²) in [6.45, 7) is -1.94. The molecule has 58 heavy (non-hydrogen) atoms. The van der Waals surface area contributed by atoms with Gasteiger partial charge in [-0.1, -0.05) is 37.3 Å². The number of alkyl halides is 1. The van der Waals surface area contributed by atoms with Crippen molar-refractivity contribution in [3.8, 4) is 6.07 Å². The number of ether oxygens (including phenoxy) is 2. The van der Waals surface area contributed by atoms with Crippen LogP contribution in [0.3, 0.4) is 0 Å². The lowest BCUT2D eigenvalue weighted by atomic mass is 10.1. The van der Waals surface area contributed by atoms with E-state index in [9.17, 15) is 24.6 Å². The summed E-state index contributed by atoms with van der Waals surface area (Å²) in [4.78, 5) is 56.9. The molecule has 1 aromatic carbocycles. The van der Waals surface area contributed by atoms with E-state index in [2.05, 4.69) is 45.9 Å². The Hall–Kier alpha value is -5.22. The van der Waals surface area contributed by atoms with Crippen molar-refractivity contribution in [1.29, 1.82) is 5.26 Å². The molecule has 25 heteroatoms. The Morgan fingerprint density at radius 1 is 1.14 bits per heavy atom.